The summed E-state index contributed by atoms with van der Waals surface area (Å²) in [5, 5.41) is 0. The third-order valence-electron chi connectivity index (χ3n) is 4.11. The van der Waals surface area contributed by atoms with Crippen LogP contribution in [0.25, 0.3) is 11.3 Å². The van der Waals surface area contributed by atoms with Gasteiger partial charge in [-0.25, -0.2) is 0 Å². The number of benzene rings is 1. The van der Waals surface area contributed by atoms with E-state index in [-0.39, 0.29) is 17.2 Å². The topological polar surface area (TPSA) is 39.1 Å². The monoisotopic (exact) mass is 283 g/mol. The molecule has 0 N–H and O–H groups in total. The minimum absolute atomic E-state index is 0.0500. The molecule has 21 heavy (non-hydrogen) atoms. The van der Waals surface area contributed by atoms with E-state index in [1.54, 1.807) is 10.6 Å². The summed E-state index contributed by atoms with van der Waals surface area (Å²) in [6.07, 6.45) is 1.46. The van der Waals surface area contributed by atoms with Crippen LogP contribution >= 0.6 is 0 Å². The number of pyridine rings is 1. The first-order valence-electron chi connectivity index (χ1n) is 7.28. The highest BCUT2D eigenvalue weighted by Crippen LogP contribution is 2.24. The lowest BCUT2D eigenvalue weighted by Crippen LogP contribution is -2.27. The second-order valence-corrected chi connectivity index (χ2v) is 5.52. The predicted molar refractivity (Wildman–Crippen MR) is 86.0 cm³/mol. The minimum Gasteiger partial charge on any atom is -0.305 e. The van der Waals surface area contributed by atoms with Gasteiger partial charge in [0.15, 0.2) is 6.29 Å². The van der Waals surface area contributed by atoms with Crippen molar-refractivity contribution in [3.63, 3.8) is 0 Å². The lowest BCUT2D eigenvalue weighted by molar-refractivity contribution is 0.112. The van der Waals surface area contributed by atoms with Crippen LogP contribution < -0.4 is 5.56 Å². The molecule has 3 nitrogen and oxygen atoms in total. The van der Waals surface area contributed by atoms with Crippen LogP contribution in [-0.2, 0) is 0 Å². The van der Waals surface area contributed by atoms with Gasteiger partial charge in [0.05, 0.1) is 11.3 Å². The van der Waals surface area contributed by atoms with Crippen molar-refractivity contribution in [3.05, 3.63) is 57.4 Å². The molecule has 1 unspecified atom stereocenters. The molecule has 0 bridgehead atoms. The third-order valence-corrected chi connectivity index (χ3v) is 4.11. The molecule has 0 saturated carbocycles. The van der Waals surface area contributed by atoms with E-state index in [1.165, 1.54) is 11.1 Å². The Labute approximate surface area is 125 Å². The van der Waals surface area contributed by atoms with Crippen LogP contribution in [0, 0.1) is 13.8 Å². The molecule has 1 aromatic carbocycles. The Hall–Kier alpha value is -2.16. The normalized spacial score (nSPS) is 12.2. The van der Waals surface area contributed by atoms with E-state index in [4.69, 9.17) is 0 Å². The van der Waals surface area contributed by atoms with Crippen molar-refractivity contribution in [3.8, 4) is 11.3 Å². The van der Waals surface area contributed by atoms with Crippen LogP contribution in [0.5, 0.6) is 0 Å². The van der Waals surface area contributed by atoms with Crippen LogP contribution in [-0.4, -0.2) is 10.9 Å². The average molecular weight is 283 g/mol. The first-order valence-corrected chi connectivity index (χ1v) is 7.28. The summed E-state index contributed by atoms with van der Waals surface area (Å²) in [5.41, 5.74) is 4.28. The van der Waals surface area contributed by atoms with Gasteiger partial charge in [0.2, 0.25) is 0 Å². The van der Waals surface area contributed by atoms with Crippen molar-refractivity contribution in [1.29, 1.82) is 0 Å². The van der Waals surface area contributed by atoms with E-state index in [1.807, 2.05) is 26.0 Å². The standard InChI is InChI=1S/C18H21NO2/c1-5-14(4)19-17(9-8-16(11-20)18(19)21)15-7-6-12(2)13(3)10-15/h6-11,14H,5H2,1-4H3. The number of aldehydes is 1. The molecular formula is C18H21NO2. The van der Waals surface area contributed by atoms with E-state index in [2.05, 4.69) is 26.0 Å². The summed E-state index contributed by atoms with van der Waals surface area (Å²) in [6.45, 7) is 8.16. The Kier molecular flexibility index (Phi) is 4.41. The van der Waals surface area contributed by atoms with Gasteiger partial charge in [0.25, 0.3) is 5.56 Å². The first-order chi connectivity index (χ1) is 9.99. The number of hydrogen-bond donors (Lipinski definition) is 0. The summed E-state index contributed by atoms with van der Waals surface area (Å²) >= 11 is 0. The summed E-state index contributed by atoms with van der Waals surface area (Å²) < 4.78 is 1.73. The van der Waals surface area contributed by atoms with E-state index >= 15 is 0 Å². The number of aryl methyl sites for hydroxylation is 2. The number of aromatic nitrogens is 1. The highest BCUT2D eigenvalue weighted by molar-refractivity contribution is 5.75. The Balaban J connectivity index is 2.73. The van der Waals surface area contributed by atoms with Crippen LogP contribution in [0.3, 0.4) is 0 Å². The maximum atomic E-state index is 12.5. The molecule has 0 amide bonds. The SMILES string of the molecule is CCC(C)n1c(-c2ccc(C)c(C)c2)ccc(C=O)c1=O. The zero-order valence-corrected chi connectivity index (χ0v) is 13.0. The van der Waals surface area contributed by atoms with Crippen molar-refractivity contribution in [2.75, 3.05) is 0 Å². The van der Waals surface area contributed by atoms with Crippen molar-refractivity contribution in [2.45, 2.75) is 40.2 Å². The average Bonchev–Trinajstić information content (AvgIpc) is 2.49. The van der Waals surface area contributed by atoms with Gasteiger partial charge in [-0.1, -0.05) is 19.1 Å². The van der Waals surface area contributed by atoms with Crippen molar-refractivity contribution in [1.82, 2.24) is 4.57 Å². The molecule has 0 spiro atoms. The van der Waals surface area contributed by atoms with Gasteiger partial charge in [0, 0.05) is 6.04 Å². The molecule has 1 heterocycles. The molecule has 0 aliphatic heterocycles. The molecule has 0 saturated heterocycles. The number of rotatable bonds is 4. The summed E-state index contributed by atoms with van der Waals surface area (Å²) in [5.74, 6) is 0. The van der Waals surface area contributed by atoms with Crippen molar-refractivity contribution in [2.24, 2.45) is 0 Å². The summed E-state index contributed by atoms with van der Waals surface area (Å²) in [4.78, 5) is 23.5. The van der Waals surface area contributed by atoms with Gasteiger partial charge in [0.1, 0.15) is 0 Å². The molecule has 0 aliphatic carbocycles. The van der Waals surface area contributed by atoms with E-state index in [0.29, 0.717) is 6.29 Å². The maximum absolute atomic E-state index is 12.5. The lowest BCUT2D eigenvalue weighted by Gasteiger charge is -2.19. The van der Waals surface area contributed by atoms with Crippen LogP contribution in [0.1, 0.15) is 47.8 Å². The Morgan fingerprint density at radius 3 is 2.43 bits per heavy atom. The van der Waals surface area contributed by atoms with E-state index in [0.717, 1.165) is 17.7 Å². The fourth-order valence-electron chi connectivity index (χ4n) is 2.41. The van der Waals surface area contributed by atoms with Crippen LogP contribution in [0.2, 0.25) is 0 Å². The molecule has 1 atom stereocenters. The smallest absolute Gasteiger partial charge is 0.261 e. The fourth-order valence-corrected chi connectivity index (χ4v) is 2.41. The number of carbonyl (C=O) groups excluding carboxylic acids is 1. The molecule has 2 aromatic rings. The Bertz CT molecular complexity index is 728. The first kappa shape index (κ1) is 15.2. The zero-order valence-electron chi connectivity index (χ0n) is 13.0. The molecule has 0 radical (unpaired) electrons. The van der Waals surface area contributed by atoms with Crippen LogP contribution in [0.4, 0.5) is 0 Å². The van der Waals surface area contributed by atoms with E-state index < -0.39 is 0 Å². The van der Waals surface area contributed by atoms with Gasteiger partial charge < -0.3 is 4.57 Å². The number of hydrogen-bond acceptors (Lipinski definition) is 2. The van der Waals surface area contributed by atoms with Gasteiger partial charge in [-0.3, -0.25) is 9.59 Å². The summed E-state index contributed by atoms with van der Waals surface area (Å²) in [7, 11) is 0. The van der Waals surface area contributed by atoms with Crippen molar-refractivity contribution >= 4 is 6.29 Å². The molecule has 1 aromatic heterocycles. The molecule has 0 aliphatic rings. The molecule has 110 valence electrons. The van der Waals surface area contributed by atoms with Gasteiger partial charge in [-0.15, -0.1) is 0 Å². The number of carbonyl (C=O) groups is 1. The summed E-state index contributed by atoms with van der Waals surface area (Å²) in [6, 6.07) is 9.69. The Morgan fingerprint density at radius 2 is 1.86 bits per heavy atom. The quantitative estimate of drug-likeness (QED) is 0.798. The zero-order chi connectivity index (χ0) is 15.6. The highest BCUT2D eigenvalue weighted by Gasteiger charge is 2.14. The molecule has 0 fully saturated rings. The fraction of sp³-hybridized carbons (Fsp3) is 0.333. The van der Waals surface area contributed by atoms with Gasteiger partial charge in [-0.2, -0.15) is 0 Å². The highest BCUT2D eigenvalue weighted by atomic mass is 16.1. The van der Waals surface area contributed by atoms with E-state index in [9.17, 15) is 9.59 Å². The van der Waals surface area contributed by atoms with Gasteiger partial charge in [-0.05, 0) is 62.1 Å². The second kappa shape index (κ2) is 6.08. The largest absolute Gasteiger partial charge is 0.305 e. The molecule has 2 rings (SSSR count). The van der Waals surface area contributed by atoms with Crippen LogP contribution in [0.15, 0.2) is 35.1 Å². The van der Waals surface area contributed by atoms with Gasteiger partial charge >= 0.3 is 0 Å². The second-order valence-electron chi connectivity index (χ2n) is 5.52. The molecular weight excluding hydrogens is 262 g/mol. The predicted octanol–water partition coefficient (Wildman–Crippen LogP) is 3.92. The van der Waals surface area contributed by atoms with Crippen molar-refractivity contribution < 1.29 is 4.79 Å². The maximum Gasteiger partial charge on any atom is 0.261 e. The Morgan fingerprint density at radius 1 is 1.14 bits per heavy atom. The molecule has 3 heteroatoms. The minimum atomic E-state index is -0.213. The number of nitrogens with zero attached hydrogens (tertiary/aromatic N) is 1. The third kappa shape index (κ3) is 2.82. The lowest BCUT2D eigenvalue weighted by atomic mass is 10.0.